The first kappa shape index (κ1) is 11.7. The third kappa shape index (κ3) is 3.10. The van der Waals surface area contributed by atoms with Crippen molar-refractivity contribution in [3.63, 3.8) is 0 Å². The van der Waals surface area contributed by atoms with Gasteiger partial charge in [0.1, 0.15) is 11.0 Å². The molecule has 1 unspecified atom stereocenters. The highest BCUT2D eigenvalue weighted by Crippen LogP contribution is 2.21. The number of nitrogens with one attached hydrogen (secondary N) is 2. The summed E-state index contributed by atoms with van der Waals surface area (Å²) in [6, 6.07) is 3.46. The summed E-state index contributed by atoms with van der Waals surface area (Å²) in [5.41, 5.74) is 0. The molecule has 0 spiro atoms. The molecule has 0 aromatic carbocycles. The summed E-state index contributed by atoms with van der Waals surface area (Å²) in [7, 11) is 0. The molecular formula is C10H10N2O4S. The Morgan fingerprint density at radius 1 is 1.53 bits per heavy atom. The van der Waals surface area contributed by atoms with Crippen LogP contribution < -0.4 is 10.6 Å². The van der Waals surface area contributed by atoms with E-state index in [0.29, 0.717) is 5.76 Å². The Hall–Kier alpha value is -1.76. The van der Waals surface area contributed by atoms with Gasteiger partial charge >= 0.3 is 0 Å². The van der Waals surface area contributed by atoms with Crippen molar-refractivity contribution in [1.29, 1.82) is 0 Å². The molecule has 0 aliphatic carbocycles. The number of thioether (sulfide) groups is 1. The molecule has 0 saturated carbocycles. The lowest BCUT2D eigenvalue weighted by molar-refractivity contribution is -0.125. The van der Waals surface area contributed by atoms with Gasteiger partial charge in [0, 0.05) is 6.42 Å². The fourth-order valence-electron chi connectivity index (χ4n) is 1.37. The average Bonchev–Trinajstić information content (AvgIpc) is 2.87. The second-order valence-electron chi connectivity index (χ2n) is 3.44. The first-order chi connectivity index (χ1) is 8.15. The highest BCUT2D eigenvalue weighted by Gasteiger charge is 2.33. The molecular weight excluding hydrogens is 244 g/mol. The van der Waals surface area contributed by atoms with E-state index < -0.39 is 16.4 Å². The molecule has 6 nitrogen and oxygen atoms in total. The standard InChI is InChI=1S/C10H10N2O4S/c13-8(11-5-6-2-1-3-16-6)4-7-9(14)12-10(15)17-7/h1-3,7H,4-5H2,(H,11,13)(H,12,14,15). The van der Waals surface area contributed by atoms with Gasteiger partial charge in [0.2, 0.25) is 11.8 Å². The van der Waals surface area contributed by atoms with Crippen molar-refractivity contribution >= 4 is 28.8 Å². The first-order valence-electron chi connectivity index (χ1n) is 4.95. The highest BCUT2D eigenvalue weighted by atomic mass is 32.2. The molecule has 2 heterocycles. The molecule has 17 heavy (non-hydrogen) atoms. The fraction of sp³-hybridized carbons (Fsp3) is 0.300. The molecule has 7 heteroatoms. The Labute approximate surface area is 101 Å². The lowest BCUT2D eigenvalue weighted by Gasteiger charge is -2.05. The predicted molar refractivity (Wildman–Crippen MR) is 60.1 cm³/mol. The van der Waals surface area contributed by atoms with E-state index in [1.165, 1.54) is 6.26 Å². The van der Waals surface area contributed by atoms with Crippen LogP contribution in [0.4, 0.5) is 4.79 Å². The van der Waals surface area contributed by atoms with E-state index in [2.05, 4.69) is 10.6 Å². The van der Waals surface area contributed by atoms with Crippen molar-refractivity contribution in [3.05, 3.63) is 24.2 Å². The third-order valence-corrected chi connectivity index (χ3v) is 3.16. The van der Waals surface area contributed by atoms with Crippen LogP contribution in [-0.2, 0) is 16.1 Å². The highest BCUT2D eigenvalue weighted by molar-refractivity contribution is 8.15. The van der Waals surface area contributed by atoms with Gasteiger partial charge in [-0.3, -0.25) is 19.7 Å². The normalized spacial score (nSPS) is 19.2. The number of imide groups is 1. The summed E-state index contributed by atoms with van der Waals surface area (Å²) >= 11 is 0.841. The first-order valence-corrected chi connectivity index (χ1v) is 5.83. The summed E-state index contributed by atoms with van der Waals surface area (Å²) in [5, 5.41) is 3.71. The van der Waals surface area contributed by atoms with Crippen LogP contribution in [0.5, 0.6) is 0 Å². The number of hydrogen-bond donors (Lipinski definition) is 2. The van der Waals surface area contributed by atoms with Gasteiger partial charge in [-0.15, -0.1) is 0 Å². The van der Waals surface area contributed by atoms with E-state index in [9.17, 15) is 14.4 Å². The maximum atomic E-state index is 11.5. The Kier molecular flexibility index (Phi) is 3.48. The van der Waals surface area contributed by atoms with Crippen LogP contribution in [0, 0.1) is 0 Å². The molecule has 2 N–H and O–H groups in total. The molecule has 0 radical (unpaired) electrons. The van der Waals surface area contributed by atoms with Crippen molar-refractivity contribution in [2.24, 2.45) is 0 Å². The van der Waals surface area contributed by atoms with E-state index in [1.807, 2.05) is 0 Å². The number of rotatable bonds is 4. The summed E-state index contributed by atoms with van der Waals surface area (Å²) in [4.78, 5) is 33.6. The summed E-state index contributed by atoms with van der Waals surface area (Å²) < 4.78 is 5.04. The van der Waals surface area contributed by atoms with Gasteiger partial charge in [0.25, 0.3) is 5.24 Å². The summed E-state index contributed by atoms with van der Waals surface area (Å²) in [6.45, 7) is 0.277. The van der Waals surface area contributed by atoms with Crippen molar-refractivity contribution in [2.75, 3.05) is 0 Å². The average molecular weight is 254 g/mol. The van der Waals surface area contributed by atoms with Gasteiger partial charge < -0.3 is 9.73 Å². The lowest BCUT2D eigenvalue weighted by atomic mass is 10.2. The van der Waals surface area contributed by atoms with Gasteiger partial charge in [-0.1, -0.05) is 11.8 Å². The van der Waals surface area contributed by atoms with Crippen molar-refractivity contribution in [2.45, 2.75) is 18.2 Å². The third-order valence-electron chi connectivity index (χ3n) is 2.18. The number of hydrogen-bond acceptors (Lipinski definition) is 5. The Balaban J connectivity index is 1.78. The summed E-state index contributed by atoms with van der Waals surface area (Å²) in [6.07, 6.45) is 1.50. The quantitative estimate of drug-likeness (QED) is 0.823. The van der Waals surface area contributed by atoms with Crippen molar-refractivity contribution < 1.29 is 18.8 Å². The van der Waals surface area contributed by atoms with Crippen LogP contribution in [0.15, 0.2) is 22.8 Å². The van der Waals surface area contributed by atoms with E-state index in [-0.39, 0.29) is 18.9 Å². The molecule has 1 aliphatic rings. The van der Waals surface area contributed by atoms with Crippen LogP contribution in [0.1, 0.15) is 12.2 Å². The molecule has 90 valence electrons. The minimum atomic E-state index is -0.626. The molecule has 1 aliphatic heterocycles. The maximum absolute atomic E-state index is 11.5. The van der Waals surface area contributed by atoms with Crippen LogP contribution in [0.3, 0.4) is 0 Å². The van der Waals surface area contributed by atoms with E-state index >= 15 is 0 Å². The Bertz CT molecular complexity index is 443. The fourth-order valence-corrected chi connectivity index (χ4v) is 2.19. The second-order valence-corrected chi connectivity index (χ2v) is 4.62. The van der Waals surface area contributed by atoms with Crippen LogP contribution in [-0.4, -0.2) is 22.3 Å². The molecule has 1 atom stereocenters. The SMILES string of the molecule is O=C(CC1SC(=O)NC1=O)NCc1ccco1. The van der Waals surface area contributed by atoms with Gasteiger partial charge in [0.05, 0.1) is 12.8 Å². The minimum absolute atomic E-state index is 0.0110. The smallest absolute Gasteiger partial charge is 0.286 e. The molecule has 2 rings (SSSR count). The predicted octanol–water partition coefficient (Wildman–Crippen LogP) is 0.637. The van der Waals surface area contributed by atoms with E-state index in [4.69, 9.17) is 4.42 Å². The minimum Gasteiger partial charge on any atom is -0.467 e. The zero-order valence-corrected chi connectivity index (χ0v) is 9.58. The molecule has 0 bridgehead atoms. The zero-order chi connectivity index (χ0) is 12.3. The van der Waals surface area contributed by atoms with Crippen LogP contribution in [0.2, 0.25) is 0 Å². The van der Waals surface area contributed by atoms with Gasteiger partial charge in [0.15, 0.2) is 0 Å². The van der Waals surface area contributed by atoms with Crippen LogP contribution >= 0.6 is 11.8 Å². The number of carbonyl (C=O) groups is 3. The van der Waals surface area contributed by atoms with Gasteiger partial charge in [-0.2, -0.15) is 0 Å². The van der Waals surface area contributed by atoms with Crippen LogP contribution in [0.25, 0.3) is 0 Å². The summed E-state index contributed by atoms with van der Waals surface area (Å²) in [5.74, 6) is -0.0603. The largest absolute Gasteiger partial charge is 0.467 e. The van der Waals surface area contributed by atoms with Gasteiger partial charge in [-0.05, 0) is 12.1 Å². The van der Waals surface area contributed by atoms with E-state index in [0.717, 1.165) is 11.8 Å². The molecule has 1 fully saturated rings. The Morgan fingerprint density at radius 3 is 2.94 bits per heavy atom. The van der Waals surface area contributed by atoms with Crippen molar-refractivity contribution in [3.8, 4) is 0 Å². The molecule has 3 amide bonds. The monoisotopic (exact) mass is 254 g/mol. The van der Waals surface area contributed by atoms with E-state index in [1.54, 1.807) is 12.1 Å². The van der Waals surface area contributed by atoms with Gasteiger partial charge in [-0.25, -0.2) is 0 Å². The topological polar surface area (TPSA) is 88.4 Å². The number of furan rings is 1. The lowest BCUT2D eigenvalue weighted by Crippen LogP contribution is -2.30. The second kappa shape index (κ2) is 5.05. The van der Waals surface area contributed by atoms with Crippen molar-refractivity contribution in [1.82, 2.24) is 10.6 Å². The zero-order valence-electron chi connectivity index (χ0n) is 8.76. The maximum Gasteiger partial charge on any atom is 0.286 e. The number of amides is 3. The molecule has 1 saturated heterocycles. The number of carbonyl (C=O) groups excluding carboxylic acids is 3. The molecule has 1 aromatic rings. The molecule has 1 aromatic heterocycles. The Morgan fingerprint density at radius 2 is 2.35 bits per heavy atom.